The quantitative estimate of drug-likeness (QED) is 0.809. The third-order valence-electron chi connectivity index (χ3n) is 3.30. The second kappa shape index (κ2) is 7.66. The highest BCUT2D eigenvalue weighted by Gasteiger charge is 2.10. The van der Waals surface area contributed by atoms with Gasteiger partial charge in [0, 0.05) is 18.6 Å². The third-order valence-corrected chi connectivity index (χ3v) is 3.30. The Morgan fingerprint density at radius 1 is 1.00 bits per heavy atom. The summed E-state index contributed by atoms with van der Waals surface area (Å²) in [4.78, 5) is 2.22. The van der Waals surface area contributed by atoms with Gasteiger partial charge in [0.05, 0.1) is 0 Å². The molecule has 0 aliphatic heterocycles. The van der Waals surface area contributed by atoms with Crippen molar-refractivity contribution in [2.75, 3.05) is 20.6 Å². The molecule has 0 saturated heterocycles. The summed E-state index contributed by atoms with van der Waals surface area (Å²) < 4.78 is 0. The summed E-state index contributed by atoms with van der Waals surface area (Å²) in [5, 5.41) is 3.65. The van der Waals surface area contributed by atoms with Crippen LogP contribution in [0.5, 0.6) is 0 Å². The first-order valence-corrected chi connectivity index (χ1v) is 7.38. The molecule has 0 amide bonds. The Morgan fingerprint density at radius 3 is 2.05 bits per heavy atom. The summed E-state index contributed by atoms with van der Waals surface area (Å²) in [6, 6.07) is 9.97. The zero-order valence-corrected chi connectivity index (χ0v) is 13.4. The number of nitrogens with one attached hydrogen (secondary N) is 1. The van der Waals surface area contributed by atoms with E-state index in [1.807, 2.05) is 0 Å². The van der Waals surface area contributed by atoms with Crippen molar-refractivity contribution in [1.29, 1.82) is 0 Å². The molecule has 0 fully saturated rings. The Labute approximate surface area is 119 Å². The predicted molar refractivity (Wildman–Crippen MR) is 84.6 cm³/mol. The van der Waals surface area contributed by atoms with Crippen LogP contribution >= 0.6 is 0 Å². The van der Waals surface area contributed by atoms with E-state index in [9.17, 15) is 0 Å². The topological polar surface area (TPSA) is 15.3 Å². The Bertz CT molecular complexity index is 354. The van der Waals surface area contributed by atoms with Gasteiger partial charge in [-0.15, -0.1) is 0 Å². The minimum atomic E-state index is 0.406. The highest BCUT2D eigenvalue weighted by atomic mass is 15.1. The van der Waals surface area contributed by atoms with Crippen LogP contribution in [-0.2, 0) is 6.42 Å². The van der Waals surface area contributed by atoms with E-state index in [1.54, 1.807) is 0 Å². The van der Waals surface area contributed by atoms with E-state index in [-0.39, 0.29) is 0 Å². The number of nitrogens with zero attached hydrogens (tertiary/aromatic N) is 1. The summed E-state index contributed by atoms with van der Waals surface area (Å²) in [5.74, 6) is 0.724. The average Bonchev–Trinajstić information content (AvgIpc) is 2.27. The molecule has 108 valence electrons. The van der Waals surface area contributed by atoms with E-state index in [0.29, 0.717) is 12.1 Å². The lowest BCUT2D eigenvalue weighted by atomic mass is 9.99. The number of likely N-dealkylation sites (N-methyl/N-ethyl adjacent to an activating group) is 1. The van der Waals surface area contributed by atoms with E-state index in [1.165, 1.54) is 17.5 Å². The lowest BCUT2D eigenvalue weighted by Gasteiger charge is -2.23. The van der Waals surface area contributed by atoms with Crippen molar-refractivity contribution in [3.8, 4) is 0 Å². The zero-order chi connectivity index (χ0) is 14.4. The van der Waals surface area contributed by atoms with Crippen LogP contribution in [0.15, 0.2) is 24.3 Å². The van der Waals surface area contributed by atoms with Gasteiger partial charge in [0.2, 0.25) is 0 Å². The maximum absolute atomic E-state index is 3.65. The third kappa shape index (κ3) is 6.22. The van der Waals surface area contributed by atoms with Gasteiger partial charge in [-0.2, -0.15) is 0 Å². The smallest absolute Gasteiger partial charge is 0.0294 e. The molecule has 1 aromatic rings. The summed E-state index contributed by atoms with van der Waals surface area (Å²) >= 11 is 0. The Morgan fingerprint density at radius 2 is 1.58 bits per heavy atom. The molecule has 0 aliphatic rings. The van der Waals surface area contributed by atoms with E-state index in [4.69, 9.17) is 0 Å². The average molecular weight is 262 g/mol. The van der Waals surface area contributed by atoms with Crippen LogP contribution in [0, 0.1) is 5.92 Å². The summed E-state index contributed by atoms with van der Waals surface area (Å²) in [7, 11) is 4.23. The van der Waals surface area contributed by atoms with Crippen LogP contribution in [0.4, 0.5) is 0 Å². The number of rotatable bonds is 7. The molecule has 1 rings (SSSR count). The molecule has 1 aromatic carbocycles. The van der Waals surface area contributed by atoms with Crippen LogP contribution in [-0.4, -0.2) is 31.6 Å². The maximum atomic E-state index is 3.65. The molecular formula is C17H30N2. The molecular weight excluding hydrogens is 232 g/mol. The molecule has 0 spiro atoms. The molecule has 2 atom stereocenters. The largest absolute Gasteiger partial charge is 0.308 e. The first-order valence-electron chi connectivity index (χ1n) is 7.38. The van der Waals surface area contributed by atoms with Gasteiger partial charge in [-0.05, 0) is 51.4 Å². The lowest BCUT2D eigenvalue weighted by Crippen LogP contribution is -2.37. The standard InChI is InChI=1S/C17H30N2/c1-13(2)11-16-7-9-17(10-8-16)15(4)18-14(3)12-19(5)6/h7-10,13-15,18H,11-12H2,1-6H3. The highest BCUT2D eigenvalue weighted by molar-refractivity contribution is 5.25. The molecule has 0 aromatic heterocycles. The van der Waals surface area contributed by atoms with Gasteiger partial charge in [0.15, 0.2) is 0 Å². The summed E-state index contributed by atoms with van der Waals surface area (Å²) in [6.07, 6.45) is 1.17. The lowest BCUT2D eigenvalue weighted by molar-refractivity contribution is 0.334. The first-order chi connectivity index (χ1) is 8.88. The first kappa shape index (κ1) is 16.2. The van der Waals surface area contributed by atoms with Crippen molar-refractivity contribution in [3.05, 3.63) is 35.4 Å². The van der Waals surface area contributed by atoms with Crippen molar-refractivity contribution in [1.82, 2.24) is 10.2 Å². The van der Waals surface area contributed by atoms with Crippen molar-refractivity contribution in [3.63, 3.8) is 0 Å². The van der Waals surface area contributed by atoms with Crippen molar-refractivity contribution < 1.29 is 0 Å². The van der Waals surface area contributed by atoms with E-state index < -0.39 is 0 Å². The maximum Gasteiger partial charge on any atom is 0.0294 e. The minimum absolute atomic E-state index is 0.406. The number of hydrogen-bond acceptors (Lipinski definition) is 2. The molecule has 2 nitrogen and oxygen atoms in total. The SMILES string of the molecule is CC(C)Cc1ccc(C(C)NC(C)CN(C)C)cc1. The van der Waals surface area contributed by atoms with Gasteiger partial charge >= 0.3 is 0 Å². The fourth-order valence-electron chi connectivity index (χ4n) is 2.54. The van der Waals surface area contributed by atoms with Gasteiger partial charge in [-0.1, -0.05) is 38.1 Å². The van der Waals surface area contributed by atoms with Crippen molar-refractivity contribution >= 4 is 0 Å². The van der Waals surface area contributed by atoms with E-state index in [2.05, 4.69) is 76.3 Å². The predicted octanol–water partition coefficient (Wildman–Crippen LogP) is 3.49. The molecule has 19 heavy (non-hydrogen) atoms. The molecule has 0 aliphatic carbocycles. The van der Waals surface area contributed by atoms with Crippen molar-refractivity contribution in [2.24, 2.45) is 5.92 Å². The Kier molecular flexibility index (Phi) is 6.53. The number of hydrogen-bond donors (Lipinski definition) is 1. The zero-order valence-electron chi connectivity index (χ0n) is 13.4. The second-order valence-electron chi connectivity index (χ2n) is 6.39. The summed E-state index contributed by atoms with van der Waals surface area (Å²) in [5.41, 5.74) is 2.81. The van der Waals surface area contributed by atoms with Gasteiger partial charge in [-0.25, -0.2) is 0 Å². The van der Waals surface area contributed by atoms with Crippen LogP contribution in [0.1, 0.15) is 44.9 Å². The molecule has 0 saturated carbocycles. The fourth-order valence-corrected chi connectivity index (χ4v) is 2.54. The molecule has 2 unspecified atom stereocenters. The van der Waals surface area contributed by atoms with Crippen molar-refractivity contribution in [2.45, 2.75) is 46.2 Å². The van der Waals surface area contributed by atoms with Crippen LogP contribution in [0.2, 0.25) is 0 Å². The minimum Gasteiger partial charge on any atom is -0.308 e. The Hall–Kier alpha value is -0.860. The fraction of sp³-hybridized carbons (Fsp3) is 0.647. The second-order valence-corrected chi connectivity index (χ2v) is 6.39. The van der Waals surface area contributed by atoms with Gasteiger partial charge in [0.25, 0.3) is 0 Å². The molecule has 0 heterocycles. The van der Waals surface area contributed by atoms with Gasteiger partial charge in [0.1, 0.15) is 0 Å². The Balaban J connectivity index is 2.55. The van der Waals surface area contributed by atoms with Gasteiger partial charge < -0.3 is 10.2 Å². The molecule has 2 heteroatoms. The molecule has 0 radical (unpaired) electrons. The van der Waals surface area contributed by atoms with Crippen LogP contribution < -0.4 is 5.32 Å². The van der Waals surface area contributed by atoms with Crippen LogP contribution in [0.25, 0.3) is 0 Å². The number of benzene rings is 1. The summed E-state index contributed by atoms with van der Waals surface area (Å²) in [6.45, 7) is 10.1. The van der Waals surface area contributed by atoms with E-state index >= 15 is 0 Å². The monoisotopic (exact) mass is 262 g/mol. The molecule has 0 bridgehead atoms. The van der Waals surface area contributed by atoms with E-state index in [0.717, 1.165) is 12.5 Å². The molecule has 1 N–H and O–H groups in total. The van der Waals surface area contributed by atoms with Crippen LogP contribution in [0.3, 0.4) is 0 Å². The van der Waals surface area contributed by atoms with Gasteiger partial charge in [-0.3, -0.25) is 0 Å². The normalized spacial score (nSPS) is 14.9. The highest BCUT2D eigenvalue weighted by Crippen LogP contribution is 2.16.